The number of hydrogen-bond acceptors (Lipinski definition) is 3. The van der Waals surface area contributed by atoms with Crippen LogP contribution in [0.15, 0.2) is 0 Å². The molecule has 1 aromatic heterocycles. The van der Waals surface area contributed by atoms with Crippen molar-refractivity contribution in [2.75, 3.05) is 6.54 Å². The lowest BCUT2D eigenvalue weighted by atomic mass is 9.94. The molecular weight excluding hydrogens is 264 g/mol. The van der Waals surface area contributed by atoms with Crippen LogP contribution in [0, 0.1) is 6.92 Å². The lowest BCUT2D eigenvalue weighted by Crippen LogP contribution is -2.53. The fourth-order valence-corrected chi connectivity index (χ4v) is 3.31. The van der Waals surface area contributed by atoms with Gasteiger partial charge in [0.15, 0.2) is 0 Å². The predicted molar refractivity (Wildman–Crippen MR) is 84.1 cm³/mol. The van der Waals surface area contributed by atoms with Crippen LogP contribution in [0.1, 0.15) is 56.7 Å². The Labute approximate surface area is 127 Å². The summed E-state index contributed by atoms with van der Waals surface area (Å²) in [6, 6.07) is 0. The van der Waals surface area contributed by atoms with Gasteiger partial charge in [-0.3, -0.25) is 4.79 Å². The molecule has 1 heterocycles. The highest BCUT2D eigenvalue weighted by Gasteiger charge is 2.29. The van der Waals surface area contributed by atoms with Gasteiger partial charge in [-0.05, 0) is 58.9 Å². The highest BCUT2D eigenvalue weighted by Crippen LogP contribution is 2.23. The molecule has 0 bridgehead atoms. The molecule has 1 aliphatic carbocycles. The van der Waals surface area contributed by atoms with Crippen molar-refractivity contribution >= 4 is 5.91 Å². The number of nitrogens with zero attached hydrogens (tertiary/aromatic N) is 2. The smallest absolute Gasteiger partial charge is 0.237 e. The second-order valence-electron chi connectivity index (χ2n) is 6.24. The van der Waals surface area contributed by atoms with Gasteiger partial charge in [-0.2, -0.15) is 0 Å². The lowest BCUT2D eigenvalue weighted by Gasteiger charge is -2.27. The standard InChI is InChI=1S/C16H28N4O/c1-4-18-16(3,15(17)21)10-7-11-20-12(2)19-13-8-5-6-9-14(13)20/h18H,4-11H2,1-3H3,(H2,17,21). The van der Waals surface area contributed by atoms with Crippen LogP contribution in [0.25, 0.3) is 0 Å². The molecule has 0 radical (unpaired) electrons. The van der Waals surface area contributed by atoms with Crippen LogP contribution in [-0.4, -0.2) is 27.5 Å². The molecule has 21 heavy (non-hydrogen) atoms. The Balaban J connectivity index is 2.00. The van der Waals surface area contributed by atoms with E-state index in [0.29, 0.717) is 0 Å². The summed E-state index contributed by atoms with van der Waals surface area (Å²) in [5.74, 6) is 0.833. The molecule has 0 aromatic carbocycles. The van der Waals surface area contributed by atoms with Gasteiger partial charge >= 0.3 is 0 Å². The maximum Gasteiger partial charge on any atom is 0.237 e. The van der Waals surface area contributed by atoms with E-state index in [1.54, 1.807) is 0 Å². The molecule has 0 aliphatic heterocycles. The van der Waals surface area contributed by atoms with Gasteiger partial charge in [0.25, 0.3) is 0 Å². The Morgan fingerprint density at radius 3 is 2.81 bits per heavy atom. The zero-order valence-corrected chi connectivity index (χ0v) is 13.5. The molecule has 1 aromatic rings. The highest BCUT2D eigenvalue weighted by molar-refractivity contribution is 5.84. The van der Waals surface area contributed by atoms with Crippen molar-refractivity contribution in [3.05, 3.63) is 17.2 Å². The van der Waals surface area contributed by atoms with Gasteiger partial charge in [0.2, 0.25) is 5.91 Å². The van der Waals surface area contributed by atoms with E-state index in [9.17, 15) is 4.79 Å². The van der Waals surface area contributed by atoms with E-state index in [4.69, 9.17) is 10.7 Å². The first-order valence-electron chi connectivity index (χ1n) is 8.07. The van der Waals surface area contributed by atoms with Crippen LogP contribution in [0.5, 0.6) is 0 Å². The number of primary amides is 1. The molecule has 0 fully saturated rings. The largest absolute Gasteiger partial charge is 0.368 e. The third-order valence-corrected chi connectivity index (χ3v) is 4.59. The second-order valence-corrected chi connectivity index (χ2v) is 6.24. The van der Waals surface area contributed by atoms with Crippen molar-refractivity contribution in [2.24, 2.45) is 5.73 Å². The SMILES string of the molecule is CCNC(C)(CCCn1c(C)nc2c1CCCC2)C(N)=O. The Morgan fingerprint density at radius 1 is 1.43 bits per heavy atom. The molecule has 118 valence electrons. The van der Waals surface area contributed by atoms with E-state index in [-0.39, 0.29) is 5.91 Å². The number of fused-ring (bicyclic) bond motifs is 1. The van der Waals surface area contributed by atoms with E-state index in [2.05, 4.69) is 16.8 Å². The van der Waals surface area contributed by atoms with Gasteiger partial charge in [-0.1, -0.05) is 6.92 Å². The first-order chi connectivity index (χ1) is 9.98. The summed E-state index contributed by atoms with van der Waals surface area (Å²) in [5, 5.41) is 3.22. The first-order valence-corrected chi connectivity index (χ1v) is 8.07. The number of nitrogens with one attached hydrogen (secondary N) is 1. The number of hydrogen-bond donors (Lipinski definition) is 2. The fraction of sp³-hybridized carbons (Fsp3) is 0.750. The minimum absolute atomic E-state index is 0.270. The van der Waals surface area contributed by atoms with Crippen molar-refractivity contribution < 1.29 is 4.79 Å². The molecule has 0 spiro atoms. The average molecular weight is 292 g/mol. The van der Waals surface area contributed by atoms with Gasteiger partial charge in [0, 0.05) is 12.2 Å². The number of rotatable bonds is 7. The summed E-state index contributed by atoms with van der Waals surface area (Å²) >= 11 is 0. The molecule has 0 saturated carbocycles. The van der Waals surface area contributed by atoms with E-state index < -0.39 is 5.54 Å². The summed E-state index contributed by atoms with van der Waals surface area (Å²) in [7, 11) is 0. The number of imidazole rings is 1. The molecule has 1 aliphatic rings. The van der Waals surface area contributed by atoms with E-state index in [1.807, 2.05) is 13.8 Å². The Morgan fingerprint density at radius 2 is 2.14 bits per heavy atom. The Bertz CT molecular complexity index is 509. The summed E-state index contributed by atoms with van der Waals surface area (Å²) in [6.45, 7) is 7.64. The zero-order chi connectivity index (χ0) is 15.5. The van der Waals surface area contributed by atoms with Crippen LogP contribution >= 0.6 is 0 Å². The average Bonchev–Trinajstić information content (AvgIpc) is 2.75. The topological polar surface area (TPSA) is 72.9 Å². The zero-order valence-electron chi connectivity index (χ0n) is 13.5. The first kappa shape index (κ1) is 16.0. The maximum absolute atomic E-state index is 11.6. The van der Waals surface area contributed by atoms with Crippen LogP contribution in [0.2, 0.25) is 0 Å². The molecule has 2 rings (SSSR count). The molecule has 5 nitrogen and oxygen atoms in total. The number of nitrogens with two attached hydrogens (primary N) is 1. The van der Waals surface area contributed by atoms with Gasteiger partial charge in [-0.15, -0.1) is 0 Å². The summed E-state index contributed by atoms with van der Waals surface area (Å²) < 4.78 is 2.34. The van der Waals surface area contributed by atoms with Gasteiger partial charge in [-0.25, -0.2) is 4.98 Å². The van der Waals surface area contributed by atoms with Crippen molar-refractivity contribution in [3.63, 3.8) is 0 Å². The van der Waals surface area contributed by atoms with Crippen molar-refractivity contribution in [1.82, 2.24) is 14.9 Å². The third kappa shape index (κ3) is 3.46. The molecular formula is C16H28N4O. The third-order valence-electron chi connectivity index (χ3n) is 4.59. The number of aryl methyl sites for hydroxylation is 2. The summed E-state index contributed by atoms with van der Waals surface area (Å²) in [6.07, 6.45) is 6.44. The van der Waals surface area contributed by atoms with Gasteiger partial charge in [0.1, 0.15) is 5.82 Å². The van der Waals surface area contributed by atoms with E-state index in [0.717, 1.165) is 44.6 Å². The molecule has 0 saturated heterocycles. The van der Waals surface area contributed by atoms with Gasteiger partial charge in [0.05, 0.1) is 11.2 Å². The maximum atomic E-state index is 11.6. The summed E-state index contributed by atoms with van der Waals surface area (Å²) in [5.41, 5.74) is 7.61. The quantitative estimate of drug-likeness (QED) is 0.803. The highest BCUT2D eigenvalue weighted by atomic mass is 16.1. The van der Waals surface area contributed by atoms with E-state index >= 15 is 0 Å². The number of likely N-dealkylation sites (N-methyl/N-ethyl adjacent to an activating group) is 1. The Hall–Kier alpha value is -1.36. The molecule has 1 amide bonds. The number of amides is 1. The van der Waals surface area contributed by atoms with Gasteiger partial charge < -0.3 is 15.6 Å². The molecule has 1 atom stereocenters. The number of aromatic nitrogens is 2. The Kier molecular flexibility index (Phi) is 5.04. The molecule has 1 unspecified atom stereocenters. The molecule has 3 N–H and O–H groups in total. The minimum atomic E-state index is -0.608. The van der Waals surface area contributed by atoms with E-state index in [1.165, 1.54) is 24.2 Å². The van der Waals surface area contributed by atoms with Crippen LogP contribution in [-0.2, 0) is 24.2 Å². The second kappa shape index (κ2) is 6.60. The van der Waals surface area contributed by atoms with Crippen molar-refractivity contribution in [1.29, 1.82) is 0 Å². The number of carbonyl (C=O) groups is 1. The lowest BCUT2D eigenvalue weighted by molar-refractivity contribution is -0.124. The monoisotopic (exact) mass is 292 g/mol. The molecule has 5 heteroatoms. The van der Waals surface area contributed by atoms with Crippen LogP contribution in [0.3, 0.4) is 0 Å². The summed E-state index contributed by atoms with van der Waals surface area (Å²) in [4.78, 5) is 16.3. The minimum Gasteiger partial charge on any atom is -0.368 e. The predicted octanol–water partition coefficient (Wildman–Crippen LogP) is 1.70. The fourth-order valence-electron chi connectivity index (χ4n) is 3.31. The van der Waals surface area contributed by atoms with Crippen LogP contribution in [0.4, 0.5) is 0 Å². The number of carbonyl (C=O) groups excluding carboxylic acids is 1. The van der Waals surface area contributed by atoms with Crippen LogP contribution < -0.4 is 11.1 Å². The van der Waals surface area contributed by atoms with Crippen molar-refractivity contribution in [3.8, 4) is 0 Å². The van der Waals surface area contributed by atoms with Crippen molar-refractivity contribution in [2.45, 2.75) is 71.4 Å². The normalized spacial score (nSPS) is 17.3.